The normalized spacial score (nSPS) is 36.1. The number of hydroxylamine groups is 2. The molecule has 110 valence electrons. The zero-order chi connectivity index (χ0) is 14.3. The van der Waals surface area contributed by atoms with Crippen LogP contribution in [0.3, 0.4) is 0 Å². The van der Waals surface area contributed by atoms with Gasteiger partial charge >= 0.3 is 12.1 Å². The van der Waals surface area contributed by atoms with E-state index in [0.717, 1.165) is 5.06 Å². The second-order valence-electron chi connectivity index (χ2n) is 4.29. The summed E-state index contributed by atoms with van der Waals surface area (Å²) >= 11 is 0. The Hall–Kier alpha value is -0.900. The standard InChI is InChI=1S/C10H14F3NO5/c1-2-18-8(15)7-9(16,10(11,12)13)6-5-17-4-3-14(6)19-7/h6-7,16H,2-5H2,1H3/t6-,7+,9+/m0/s1. The van der Waals surface area contributed by atoms with Gasteiger partial charge in [-0.2, -0.15) is 18.2 Å². The van der Waals surface area contributed by atoms with Gasteiger partial charge in [0.25, 0.3) is 0 Å². The lowest BCUT2D eigenvalue weighted by molar-refractivity contribution is -0.280. The minimum Gasteiger partial charge on any atom is -0.464 e. The maximum atomic E-state index is 13.1. The molecule has 19 heavy (non-hydrogen) atoms. The Labute approximate surface area is 107 Å². The average molecular weight is 285 g/mol. The van der Waals surface area contributed by atoms with Crippen LogP contribution < -0.4 is 0 Å². The highest BCUT2D eigenvalue weighted by Crippen LogP contribution is 2.45. The molecule has 3 atom stereocenters. The second kappa shape index (κ2) is 4.89. The number of nitrogens with zero attached hydrogens (tertiary/aromatic N) is 1. The molecular weight excluding hydrogens is 271 g/mol. The van der Waals surface area contributed by atoms with Gasteiger partial charge in [0.15, 0.2) is 0 Å². The zero-order valence-corrected chi connectivity index (χ0v) is 10.1. The zero-order valence-electron chi connectivity index (χ0n) is 10.1. The number of hydrogen-bond donors (Lipinski definition) is 1. The van der Waals surface area contributed by atoms with Crippen LogP contribution in [-0.2, 0) is 19.1 Å². The first-order valence-corrected chi connectivity index (χ1v) is 5.79. The van der Waals surface area contributed by atoms with Crippen molar-refractivity contribution in [3.8, 4) is 0 Å². The van der Waals surface area contributed by atoms with E-state index in [1.54, 1.807) is 0 Å². The van der Waals surface area contributed by atoms with Crippen LogP contribution in [0.15, 0.2) is 0 Å². The summed E-state index contributed by atoms with van der Waals surface area (Å²) in [6.45, 7) is 1.19. The topological polar surface area (TPSA) is 68.2 Å². The molecule has 0 saturated carbocycles. The third-order valence-corrected chi connectivity index (χ3v) is 3.18. The monoisotopic (exact) mass is 285 g/mol. The molecule has 0 aromatic carbocycles. The number of hydrogen-bond acceptors (Lipinski definition) is 6. The van der Waals surface area contributed by atoms with Gasteiger partial charge in [0.1, 0.15) is 0 Å². The average Bonchev–Trinajstić information content (AvgIpc) is 2.65. The van der Waals surface area contributed by atoms with Gasteiger partial charge in [-0.15, -0.1) is 0 Å². The lowest BCUT2D eigenvalue weighted by Crippen LogP contribution is -2.64. The number of morpholine rings is 1. The highest BCUT2D eigenvalue weighted by molar-refractivity contribution is 5.77. The molecule has 9 heteroatoms. The van der Waals surface area contributed by atoms with Crippen LogP contribution >= 0.6 is 0 Å². The van der Waals surface area contributed by atoms with Crippen LogP contribution in [-0.4, -0.2) is 66.4 Å². The number of rotatable bonds is 2. The number of carbonyl (C=O) groups excluding carboxylic acids is 1. The number of halogens is 3. The predicted molar refractivity (Wildman–Crippen MR) is 53.8 cm³/mol. The van der Waals surface area contributed by atoms with Crippen molar-refractivity contribution in [2.75, 3.05) is 26.4 Å². The minimum atomic E-state index is -5.04. The minimum absolute atomic E-state index is 0.0406. The third-order valence-electron chi connectivity index (χ3n) is 3.18. The van der Waals surface area contributed by atoms with E-state index >= 15 is 0 Å². The molecule has 2 fully saturated rings. The maximum absolute atomic E-state index is 13.1. The van der Waals surface area contributed by atoms with Crippen LogP contribution in [0.1, 0.15) is 6.92 Å². The maximum Gasteiger partial charge on any atom is 0.422 e. The molecule has 0 amide bonds. The van der Waals surface area contributed by atoms with E-state index in [0.29, 0.717) is 0 Å². The van der Waals surface area contributed by atoms with E-state index < -0.39 is 29.9 Å². The number of esters is 1. The Morgan fingerprint density at radius 3 is 2.84 bits per heavy atom. The predicted octanol–water partition coefficient (Wildman–Crippen LogP) is -0.142. The summed E-state index contributed by atoms with van der Waals surface area (Å²) in [4.78, 5) is 16.5. The Kier molecular flexibility index (Phi) is 3.74. The van der Waals surface area contributed by atoms with E-state index in [1.807, 2.05) is 0 Å². The van der Waals surface area contributed by atoms with Crippen LogP contribution in [0.2, 0.25) is 0 Å². The van der Waals surface area contributed by atoms with Crippen molar-refractivity contribution in [3.05, 3.63) is 0 Å². The first-order valence-electron chi connectivity index (χ1n) is 5.79. The number of fused-ring (bicyclic) bond motifs is 1. The van der Waals surface area contributed by atoms with Gasteiger partial charge in [-0.05, 0) is 6.92 Å². The molecule has 0 radical (unpaired) electrons. The molecule has 1 N–H and O–H groups in total. The molecule has 2 rings (SSSR count). The van der Waals surface area contributed by atoms with E-state index in [4.69, 9.17) is 9.57 Å². The molecule has 0 spiro atoms. The Bertz CT molecular complexity index is 364. The summed E-state index contributed by atoms with van der Waals surface area (Å²) in [6.07, 6.45) is -7.16. The van der Waals surface area contributed by atoms with Gasteiger partial charge in [-0.25, -0.2) is 4.79 Å². The van der Waals surface area contributed by atoms with Crippen molar-refractivity contribution >= 4 is 5.97 Å². The third kappa shape index (κ3) is 2.20. The van der Waals surface area contributed by atoms with Crippen molar-refractivity contribution in [1.29, 1.82) is 0 Å². The fourth-order valence-electron chi connectivity index (χ4n) is 2.23. The van der Waals surface area contributed by atoms with Gasteiger partial charge in [0.2, 0.25) is 11.7 Å². The van der Waals surface area contributed by atoms with Gasteiger partial charge in [0, 0.05) is 6.54 Å². The molecule has 0 aromatic heterocycles. The molecule has 0 unspecified atom stereocenters. The number of aliphatic hydroxyl groups is 1. The van der Waals surface area contributed by atoms with Crippen molar-refractivity contribution in [3.63, 3.8) is 0 Å². The lowest BCUT2D eigenvalue weighted by Gasteiger charge is -2.36. The quantitative estimate of drug-likeness (QED) is 0.712. The fraction of sp³-hybridized carbons (Fsp3) is 0.900. The Morgan fingerprint density at radius 2 is 2.26 bits per heavy atom. The SMILES string of the molecule is CCOC(=O)[C@H]1ON2CCOC[C@H]2[C@]1(O)C(F)(F)F. The number of carbonyl (C=O) groups is 1. The summed E-state index contributed by atoms with van der Waals surface area (Å²) < 4.78 is 48.9. The van der Waals surface area contributed by atoms with Crippen LogP contribution in [0, 0.1) is 0 Å². The smallest absolute Gasteiger partial charge is 0.422 e. The second-order valence-corrected chi connectivity index (χ2v) is 4.29. The van der Waals surface area contributed by atoms with Gasteiger partial charge in [0.05, 0.1) is 25.9 Å². The van der Waals surface area contributed by atoms with Crippen molar-refractivity contribution in [2.45, 2.75) is 30.8 Å². The molecule has 6 nitrogen and oxygen atoms in total. The highest BCUT2D eigenvalue weighted by atomic mass is 19.4. The van der Waals surface area contributed by atoms with E-state index in [9.17, 15) is 23.1 Å². The molecule has 0 bridgehead atoms. The molecule has 0 aliphatic carbocycles. The summed E-state index contributed by atoms with van der Waals surface area (Å²) in [5, 5.41) is 11.0. The first-order chi connectivity index (χ1) is 8.82. The van der Waals surface area contributed by atoms with E-state index in [-0.39, 0.29) is 26.4 Å². The van der Waals surface area contributed by atoms with E-state index in [2.05, 4.69) is 4.74 Å². The van der Waals surface area contributed by atoms with Crippen LogP contribution in [0.4, 0.5) is 13.2 Å². The number of ether oxygens (including phenoxy) is 2. The Balaban J connectivity index is 2.33. The van der Waals surface area contributed by atoms with Gasteiger partial charge in [-0.3, -0.25) is 4.84 Å². The largest absolute Gasteiger partial charge is 0.464 e. The van der Waals surface area contributed by atoms with Crippen molar-refractivity contribution < 1.29 is 37.4 Å². The summed E-state index contributed by atoms with van der Waals surface area (Å²) in [5.41, 5.74) is -3.33. The summed E-state index contributed by atoms with van der Waals surface area (Å²) in [6, 6.07) is -1.48. The molecule has 2 saturated heterocycles. The van der Waals surface area contributed by atoms with Crippen molar-refractivity contribution in [2.24, 2.45) is 0 Å². The lowest BCUT2D eigenvalue weighted by atomic mass is 9.88. The summed E-state index contributed by atoms with van der Waals surface area (Å²) in [7, 11) is 0. The molecule has 2 aliphatic heterocycles. The number of alkyl halides is 3. The molecule has 2 heterocycles. The van der Waals surface area contributed by atoms with Gasteiger partial charge in [-0.1, -0.05) is 0 Å². The summed E-state index contributed by atoms with van der Waals surface area (Å²) in [5.74, 6) is -1.24. The molecular formula is C10H14F3NO5. The highest BCUT2D eigenvalue weighted by Gasteiger charge is 2.72. The Morgan fingerprint density at radius 1 is 1.58 bits per heavy atom. The fourth-order valence-corrected chi connectivity index (χ4v) is 2.23. The molecule has 2 aliphatic rings. The van der Waals surface area contributed by atoms with E-state index in [1.165, 1.54) is 6.92 Å². The van der Waals surface area contributed by atoms with Gasteiger partial charge < -0.3 is 14.6 Å². The molecule has 0 aromatic rings. The van der Waals surface area contributed by atoms with Crippen LogP contribution in [0.5, 0.6) is 0 Å². The van der Waals surface area contributed by atoms with Crippen LogP contribution in [0.25, 0.3) is 0 Å². The first kappa shape index (κ1) is 14.5. The van der Waals surface area contributed by atoms with Crippen molar-refractivity contribution in [1.82, 2.24) is 5.06 Å².